The van der Waals surface area contributed by atoms with Gasteiger partial charge in [-0.15, -0.1) is 0 Å². The van der Waals surface area contributed by atoms with Crippen LogP contribution in [0.2, 0.25) is 0 Å². The number of urea groups is 2. The van der Waals surface area contributed by atoms with E-state index in [0.717, 1.165) is 23.4 Å². The summed E-state index contributed by atoms with van der Waals surface area (Å²) in [6.07, 6.45) is 0.846. The summed E-state index contributed by atoms with van der Waals surface area (Å²) in [7, 11) is 0. The number of amides is 4. The Balaban J connectivity index is 1.26. The second-order valence-corrected chi connectivity index (χ2v) is 7.95. The predicted octanol–water partition coefficient (Wildman–Crippen LogP) is 3.13. The highest BCUT2D eigenvalue weighted by atomic mass is 16.5. The van der Waals surface area contributed by atoms with Gasteiger partial charge >= 0.3 is 12.1 Å². The molecule has 2 aliphatic rings. The monoisotopic (exact) mass is 410 g/mol. The number of carbonyl (C=O) groups excluding carboxylic acids is 2. The van der Waals surface area contributed by atoms with Crippen LogP contribution in [0.5, 0.6) is 11.5 Å². The molecule has 158 valence electrons. The molecule has 4 amide bonds. The first kappa shape index (κ1) is 19.9. The van der Waals surface area contributed by atoms with Gasteiger partial charge in [-0.3, -0.25) is 4.90 Å². The zero-order valence-electron chi connectivity index (χ0n) is 17.2. The molecule has 4 rings (SSSR count). The molecule has 0 saturated carbocycles. The molecule has 1 fully saturated rings. The molecule has 0 spiro atoms. The molecule has 0 radical (unpaired) electrons. The molecular weight excluding hydrogens is 384 g/mol. The van der Waals surface area contributed by atoms with E-state index < -0.39 is 0 Å². The summed E-state index contributed by atoms with van der Waals surface area (Å²) >= 11 is 0. The maximum atomic E-state index is 12.2. The minimum absolute atomic E-state index is 0.131. The van der Waals surface area contributed by atoms with E-state index in [9.17, 15) is 9.59 Å². The quantitative estimate of drug-likeness (QED) is 0.638. The lowest BCUT2D eigenvalue weighted by Crippen LogP contribution is -2.32. The lowest BCUT2D eigenvalue weighted by molar-refractivity contribution is 0.132. The highest BCUT2D eigenvalue weighted by molar-refractivity contribution is 5.95. The zero-order chi connectivity index (χ0) is 21.1. The third-order valence-electron chi connectivity index (χ3n) is 4.97. The third kappa shape index (κ3) is 4.42. The van der Waals surface area contributed by atoms with Crippen LogP contribution < -0.4 is 30.3 Å². The van der Waals surface area contributed by atoms with Crippen molar-refractivity contribution >= 4 is 23.4 Å². The molecule has 8 heteroatoms. The average molecular weight is 410 g/mol. The van der Waals surface area contributed by atoms with Gasteiger partial charge in [0.2, 0.25) is 0 Å². The number of benzene rings is 2. The summed E-state index contributed by atoms with van der Waals surface area (Å²) in [6, 6.07) is 12.6. The van der Waals surface area contributed by atoms with Gasteiger partial charge in [-0.25, -0.2) is 9.59 Å². The standard InChI is InChI=1S/C22H26N4O4/c1-22(2)14-15-5-3-8-18(19(15)30-22)29-12-10-23-20(27)25-16-6-4-7-17(13-16)26-11-9-24-21(26)28/h3-8,13H,9-12,14H2,1-2H3,(H,24,28)(H2,23,25,27). The summed E-state index contributed by atoms with van der Waals surface area (Å²) in [5, 5.41) is 8.32. The number of carbonyl (C=O) groups is 2. The Morgan fingerprint density at radius 3 is 2.90 bits per heavy atom. The van der Waals surface area contributed by atoms with Crippen LogP contribution in [0.4, 0.5) is 21.0 Å². The summed E-state index contributed by atoms with van der Waals surface area (Å²) in [4.78, 5) is 25.6. The van der Waals surface area contributed by atoms with Gasteiger partial charge in [-0.1, -0.05) is 18.2 Å². The van der Waals surface area contributed by atoms with Crippen molar-refractivity contribution in [1.29, 1.82) is 0 Å². The second-order valence-electron chi connectivity index (χ2n) is 7.95. The first-order valence-corrected chi connectivity index (χ1v) is 10.1. The fourth-order valence-corrected chi connectivity index (χ4v) is 3.67. The zero-order valence-corrected chi connectivity index (χ0v) is 17.2. The van der Waals surface area contributed by atoms with Crippen molar-refractivity contribution in [2.24, 2.45) is 0 Å². The van der Waals surface area contributed by atoms with Gasteiger partial charge in [0.25, 0.3) is 0 Å². The first-order valence-electron chi connectivity index (χ1n) is 10.1. The molecule has 2 aliphatic heterocycles. The van der Waals surface area contributed by atoms with Crippen molar-refractivity contribution in [1.82, 2.24) is 10.6 Å². The number of nitrogens with zero attached hydrogens (tertiary/aromatic N) is 1. The van der Waals surface area contributed by atoms with E-state index in [0.29, 0.717) is 37.7 Å². The fourth-order valence-electron chi connectivity index (χ4n) is 3.67. The molecular formula is C22H26N4O4. The Labute approximate surface area is 175 Å². The van der Waals surface area contributed by atoms with Crippen molar-refractivity contribution in [3.8, 4) is 11.5 Å². The van der Waals surface area contributed by atoms with E-state index in [1.54, 1.807) is 23.1 Å². The van der Waals surface area contributed by atoms with Crippen LogP contribution in [0.25, 0.3) is 0 Å². The Bertz CT molecular complexity index is 960. The number of hydrogen-bond acceptors (Lipinski definition) is 4. The third-order valence-corrected chi connectivity index (χ3v) is 4.97. The molecule has 8 nitrogen and oxygen atoms in total. The molecule has 0 bridgehead atoms. The molecule has 30 heavy (non-hydrogen) atoms. The van der Waals surface area contributed by atoms with Crippen molar-refractivity contribution in [2.45, 2.75) is 25.9 Å². The predicted molar refractivity (Wildman–Crippen MR) is 115 cm³/mol. The van der Waals surface area contributed by atoms with Gasteiger partial charge in [-0.2, -0.15) is 0 Å². The van der Waals surface area contributed by atoms with E-state index in [-0.39, 0.29) is 17.7 Å². The number of fused-ring (bicyclic) bond motifs is 1. The van der Waals surface area contributed by atoms with Gasteiger partial charge < -0.3 is 25.4 Å². The number of hydrogen-bond donors (Lipinski definition) is 3. The molecule has 0 aliphatic carbocycles. The Kier molecular flexibility index (Phi) is 5.39. The topological polar surface area (TPSA) is 91.9 Å². The molecule has 1 saturated heterocycles. The van der Waals surface area contributed by atoms with Crippen LogP contribution in [-0.2, 0) is 6.42 Å². The highest BCUT2D eigenvalue weighted by Crippen LogP contribution is 2.41. The van der Waals surface area contributed by atoms with Gasteiger partial charge in [0.05, 0.1) is 6.54 Å². The van der Waals surface area contributed by atoms with Crippen LogP contribution in [-0.4, -0.2) is 43.9 Å². The maximum Gasteiger partial charge on any atom is 0.321 e. The van der Waals surface area contributed by atoms with Crippen LogP contribution >= 0.6 is 0 Å². The summed E-state index contributed by atoms with van der Waals surface area (Å²) in [5.41, 5.74) is 2.26. The van der Waals surface area contributed by atoms with E-state index >= 15 is 0 Å². The van der Waals surface area contributed by atoms with Crippen LogP contribution in [0.15, 0.2) is 42.5 Å². The minimum Gasteiger partial charge on any atom is -0.488 e. The SMILES string of the molecule is CC1(C)Cc2cccc(OCCNC(=O)Nc3cccc(N4CCNC4=O)c3)c2O1. The van der Waals surface area contributed by atoms with E-state index in [4.69, 9.17) is 9.47 Å². The minimum atomic E-state index is -0.336. The Morgan fingerprint density at radius 2 is 2.10 bits per heavy atom. The number of rotatable bonds is 6. The van der Waals surface area contributed by atoms with E-state index in [2.05, 4.69) is 16.0 Å². The molecule has 2 aromatic carbocycles. The average Bonchev–Trinajstić information content (AvgIpc) is 3.27. The molecule has 0 unspecified atom stereocenters. The van der Waals surface area contributed by atoms with Crippen molar-refractivity contribution in [3.63, 3.8) is 0 Å². The summed E-state index contributed by atoms with van der Waals surface area (Å²) in [5.74, 6) is 1.48. The highest BCUT2D eigenvalue weighted by Gasteiger charge is 2.32. The number of nitrogens with one attached hydrogen (secondary N) is 3. The largest absolute Gasteiger partial charge is 0.488 e. The molecule has 0 aromatic heterocycles. The molecule has 3 N–H and O–H groups in total. The van der Waals surface area contributed by atoms with Gasteiger partial charge in [0, 0.05) is 36.4 Å². The summed E-state index contributed by atoms with van der Waals surface area (Å²) in [6.45, 7) is 5.98. The fraction of sp³-hybridized carbons (Fsp3) is 0.364. The molecule has 2 heterocycles. The van der Waals surface area contributed by atoms with Crippen molar-refractivity contribution < 1.29 is 19.1 Å². The molecule has 0 atom stereocenters. The smallest absolute Gasteiger partial charge is 0.321 e. The second kappa shape index (κ2) is 8.14. The van der Waals surface area contributed by atoms with Gasteiger partial charge in [0.15, 0.2) is 11.5 Å². The Hall–Kier alpha value is -3.42. The number of para-hydroxylation sites is 1. The van der Waals surface area contributed by atoms with Gasteiger partial charge in [0.1, 0.15) is 12.2 Å². The maximum absolute atomic E-state index is 12.2. The van der Waals surface area contributed by atoms with Crippen LogP contribution in [0.1, 0.15) is 19.4 Å². The number of anilines is 2. The van der Waals surface area contributed by atoms with Crippen molar-refractivity contribution in [2.75, 3.05) is 36.5 Å². The van der Waals surface area contributed by atoms with Crippen LogP contribution in [0.3, 0.4) is 0 Å². The van der Waals surface area contributed by atoms with Gasteiger partial charge in [-0.05, 0) is 38.1 Å². The normalized spacial score (nSPS) is 16.5. The van der Waals surface area contributed by atoms with Crippen molar-refractivity contribution in [3.05, 3.63) is 48.0 Å². The number of ether oxygens (including phenoxy) is 2. The van der Waals surface area contributed by atoms with E-state index in [1.165, 1.54) is 0 Å². The Morgan fingerprint density at radius 1 is 1.27 bits per heavy atom. The lowest BCUT2D eigenvalue weighted by atomic mass is 10.0. The molecule has 2 aromatic rings. The first-order chi connectivity index (χ1) is 14.4. The van der Waals surface area contributed by atoms with E-state index in [1.807, 2.05) is 38.1 Å². The van der Waals surface area contributed by atoms with Crippen LogP contribution in [0, 0.1) is 0 Å². The summed E-state index contributed by atoms with van der Waals surface area (Å²) < 4.78 is 11.8. The lowest BCUT2D eigenvalue weighted by Gasteiger charge is -2.18.